The van der Waals surface area contributed by atoms with E-state index in [1.165, 1.54) is 16.7 Å². The van der Waals surface area contributed by atoms with Crippen LogP contribution in [-0.2, 0) is 30.7 Å². The van der Waals surface area contributed by atoms with Gasteiger partial charge in [0.1, 0.15) is 0 Å². The summed E-state index contributed by atoms with van der Waals surface area (Å²) >= 11 is 0. The van der Waals surface area contributed by atoms with Gasteiger partial charge in [0.05, 0.1) is 6.10 Å². The van der Waals surface area contributed by atoms with Gasteiger partial charge < -0.3 is 10.4 Å². The number of nitrogens with one attached hydrogen (secondary N) is 1. The Hall–Kier alpha value is -2.50. The lowest BCUT2D eigenvalue weighted by Gasteiger charge is -2.30. The van der Waals surface area contributed by atoms with Crippen molar-refractivity contribution in [2.75, 3.05) is 13.1 Å². The molecule has 5 heteroatoms. The standard InChI is InChI=1S/C26H32N2O3/c29-24-12-14-28(15-13-24)18-23-5-2-1-4-22(23)17-27-26(31)11-10-25(30)21-9-8-19-6-3-7-20(19)16-21/h1-2,4-5,8-9,16,24,29H,3,6-7,10-15,17-18H2,(H,27,31). The third-order valence-electron chi connectivity index (χ3n) is 6.55. The van der Waals surface area contributed by atoms with Crippen molar-refractivity contribution in [3.05, 3.63) is 70.3 Å². The molecule has 1 aliphatic carbocycles. The monoisotopic (exact) mass is 420 g/mol. The molecule has 0 spiro atoms. The highest BCUT2D eigenvalue weighted by Crippen LogP contribution is 2.23. The summed E-state index contributed by atoms with van der Waals surface area (Å²) < 4.78 is 0. The van der Waals surface area contributed by atoms with Gasteiger partial charge in [-0.1, -0.05) is 36.4 Å². The van der Waals surface area contributed by atoms with E-state index in [1.54, 1.807) is 0 Å². The van der Waals surface area contributed by atoms with Crippen molar-refractivity contribution in [3.63, 3.8) is 0 Å². The number of benzene rings is 2. The van der Waals surface area contributed by atoms with Crippen LogP contribution in [0.5, 0.6) is 0 Å². The highest BCUT2D eigenvalue weighted by molar-refractivity contribution is 5.98. The predicted molar refractivity (Wildman–Crippen MR) is 121 cm³/mol. The Kier molecular flexibility index (Phi) is 7.15. The van der Waals surface area contributed by atoms with Crippen LogP contribution < -0.4 is 5.32 Å². The van der Waals surface area contributed by atoms with Crippen LogP contribution in [0.3, 0.4) is 0 Å². The lowest BCUT2D eigenvalue weighted by Crippen LogP contribution is -2.35. The molecule has 2 N–H and O–H groups in total. The molecule has 1 fully saturated rings. The van der Waals surface area contributed by atoms with Gasteiger partial charge in [0.15, 0.2) is 5.78 Å². The van der Waals surface area contributed by atoms with Gasteiger partial charge >= 0.3 is 0 Å². The van der Waals surface area contributed by atoms with Crippen molar-refractivity contribution in [3.8, 4) is 0 Å². The Bertz CT molecular complexity index is 932. The summed E-state index contributed by atoms with van der Waals surface area (Å²) in [5.41, 5.74) is 5.68. The van der Waals surface area contributed by atoms with E-state index in [0.717, 1.165) is 62.9 Å². The molecule has 1 saturated heterocycles. The molecule has 0 atom stereocenters. The summed E-state index contributed by atoms with van der Waals surface area (Å²) in [5.74, 6) is -0.0528. The summed E-state index contributed by atoms with van der Waals surface area (Å²) in [5, 5.41) is 12.7. The molecule has 2 aromatic carbocycles. The number of nitrogens with zero attached hydrogens (tertiary/aromatic N) is 1. The number of carbonyl (C=O) groups excluding carboxylic acids is 2. The van der Waals surface area contributed by atoms with E-state index in [4.69, 9.17) is 0 Å². The molecule has 31 heavy (non-hydrogen) atoms. The second kappa shape index (κ2) is 10.2. The van der Waals surface area contributed by atoms with E-state index < -0.39 is 0 Å². The number of hydrogen-bond acceptors (Lipinski definition) is 4. The molecule has 5 nitrogen and oxygen atoms in total. The first-order chi connectivity index (χ1) is 15.1. The van der Waals surface area contributed by atoms with Crippen molar-refractivity contribution in [2.24, 2.45) is 0 Å². The van der Waals surface area contributed by atoms with E-state index in [9.17, 15) is 14.7 Å². The fraction of sp³-hybridized carbons (Fsp3) is 0.462. The topological polar surface area (TPSA) is 69.6 Å². The molecule has 0 unspecified atom stereocenters. The first-order valence-corrected chi connectivity index (χ1v) is 11.5. The molecule has 2 aromatic rings. The number of amides is 1. The lowest BCUT2D eigenvalue weighted by molar-refractivity contribution is -0.121. The van der Waals surface area contributed by atoms with Crippen molar-refractivity contribution in [2.45, 2.75) is 64.1 Å². The van der Waals surface area contributed by atoms with Crippen LogP contribution in [0.15, 0.2) is 42.5 Å². The molecule has 1 aliphatic heterocycles. The van der Waals surface area contributed by atoms with Crippen LogP contribution in [0.1, 0.15) is 64.7 Å². The van der Waals surface area contributed by atoms with E-state index in [2.05, 4.69) is 22.3 Å². The van der Waals surface area contributed by atoms with Gasteiger partial charge in [-0.05, 0) is 60.4 Å². The molecule has 0 aromatic heterocycles. The zero-order chi connectivity index (χ0) is 21.6. The number of hydrogen-bond donors (Lipinski definition) is 2. The van der Waals surface area contributed by atoms with Gasteiger partial charge in [-0.3, -0.25) is 14.5 Å². The average molecular weight is 421 g/mol. The molecule has 0 radical (unpaired) electrons. The van der Waals surface area contributed by atoms with Gasteiger partial charge in [-0.15, -0.1) is 0 Å². The average Bonchev–Trinajstić information content (AvgIpc) is 3.26. The van der Waals surface area contributed by atoms with Crippen LogP contribution in [0.2, 0.25) is 0 Å². The summed E-state index contributed by atoms with van der Waals surface area (Å²) in [7, 11) is 0. The highest BCUT2D eigenvalue weighted by atomic mass is 16.3. The maximum Gasteiger partial charge on any atom is 0.220 e. The van der Waals surface area contributed by atoms with E-state index in [1.807, 2.05) is 30.3 Å². The van der Waals surface area contributed by atoms with Gasteiger partial charge in [-0.25, -0.2) is 0 Å². The molecule has 1 heterocycles. The third-order valence-corrected chi connectivity index (χ3v) is 6.55. The normalized spacial score (nSPS) is 16.8. The number of ketones is 1. The first kappa shape index (κ1) is 21.7. The molecule has 1 amide bonds. The van der Waals surface area contributed by atoms with Gasteiger partial charge in [0, 0.05) is 44.6 Å². The number of likely N-dealkylation sites (tertiary alicyclic amines) is 1. The predicted octanol–water partition coefficient (Wildman–Crippen LogP) is 3.41. The van der Waals surface area contributed by atoms with Crippen molar-refractivity contribution < 1.29 is 14.7 Å². The number of fused-ring (bicyclic) bond motifs is 1. The molecule has 0 saturated carbocycles. The smallest absolute Gasteiger partial charge is 0.220 e. The second-order valence-corrected chi connectivity index (χ2v) is 8.81. The van der Waals surface area contributed by atoms with Crippen LogP contribution in [0, 0.1) is 0 Å². The minimum Gasteiger partial charge on any atom is -0.393 e. The number of carbonyl (C=O) groups is 2. The highest BCUT2D eigenvalue weighted by Gasteiger charge is 2.18. The van der Waals surface area contributed by atoms with E-state index >= 15 is 0 Å². The largest absolute Gasteiger partial charge is 0.393 e. The zero-order valence-corrected chi connectivity index (χ0v) is 18.1. The minimum absolute atomic E-state index is 0.0394. The third kappa shape index (κ3) is 5.81. The van der Waals surface area contributed by atoms with Gasteiger partial charge in [0.2, 0.25) is 5.91 Å². The maximum atomic E-state index is 12.5. The number of aryl methyl sites for hydroxylation is 2. The second-order valence-electron chi connectivity index (χ2n) is 8.81. The first-order valence-electron chi connectivity index (χ1n) is 11.5. The van der Waals surface area contributed by atoms with Gasteiger partial charge in [-0.2, -0.15) is 0 Å². The van der Waals surface area contributed by atoms with Crippen LogP contribution in [0.4, 0.5) is 0 Å². The van der Waals surface area contributed by atoms with Crippen LogP contribution in [-0.4, -0.2) is 40.9 Å². The number of rotatable bonds is 8. The molecule has 2 aliphatic rings. The lowest BCUT2D eigenvalue weighted by atomic mass is 10.0. The van der Waals surface area contributed by atoms with E-state index in [-0.39, 0.29) is 30.6 Å². The van der Waals surface area contributed by atoms with E-state index in [0.29, 0.717) is 6.54 Å². The molecule has 164 valence electrons. The Morgan fingerprint density at radius 2 is 1.71 bits per heavy atom. The molecular formula is C26H32N2O3. The van der Waals surface area contributed by atoms with Crippen LogP contribution in [0.25, 0.3) is 0 Å². The Balaban J connectivity index is 1.26. The summed E-state index contributed by atoms with van der Waals surface area (Å²) in [6.07, 6.45) is 5.22. The SMILES string of the molecule is O=C(CCC(=O)c1ccc2c(c1)CCC2)NCc1ccccc1CN1CCC(O)CC1. The summed E-state index contributed by atoms with van der Waals surface area (Å²) in [6.45, 7) is 3.09. The van der Waals surface area contributed by atoms with Crippen molar-refractivity contribution >= 4 is 11.7 Å². The summed E-state index contributed by atoms with van der Waals surface area (Å²) in [4.78, 5) is 27.2. The Labute approximate surface area is 184 Å². The maximum absolute atomic E-state index is 12.5. The number of Topliss-reactive ketones (excluding diaryl/α,β-unsaturated/α-hetero) is 1. The van der Waals surface area contributed by atoms with Gasteiger partial charge in [0.25, 0.3) is 0 Å². The Morgan fingerprint density at radius 1 is 0.968 bits per heavy atom. The molecule has 0 bridgehead atoms. The van der Waals surface area contributed by atoms with Crippen LogP contribution >= 0.6 is 0 Å². The number of aliphatic hydroxyl groups is 1. The van der Waals surface area contributed by atoms with Crippen molar-refractivity contribution in [1.82, 2.24) is 10.2 Å². The fourth-order valence-corrected chi connectivity index (χ4v) is 4.60. The molecule has 4 rings (SSSR count). The number of aliphatic hydroxyl groups excluding tert-OH is 1. The number of piperidine rings is 1. The Morgan fingerprint density at radius 3 is 2.52 bits per heavy atom. The quantitative estimate of drug-likeness (QED) is 0.642. The summed E-state index contributed by atoms with van der Waals surface area (Å²) in [6, 6.07) is 14.1. The fourth-order valence-electron chi connectivity index (χ4n) is 4.60. The van der Waals surface area contributed by atoms with Crippen molar-refractivity contribution in [1.29, 1.82) is 0 Å². The zero-order valence-electron chi connectivity index (χ0n) is 18.1. The minimum atomic E-state index is -0.176. The molecular weight excluding hydrogens is 388 g/mol.